The Morgan fingerprint density at radius 1 is 0.967 bits per heavy atom. The quantitative estimate of drug-likeness (QED) is 0.508. The lowest BCUT2D eigenvalue weighted by Gasteiger charge is -2.32. The molecule has 30 heavy (non-hydrogen) atoms. The standard InChI is InChI=1S/C22H24ClN5O2/c23-15-6-7-20-18(14-15)25-22(30)28(20)16-8-12-26(13-9-16)10-3-11-27-19-5-2-1-4-17(19)24-21(27)29/h1-2,4-7,14,16H,3,8-13H2,(H,24,29)(H,25,30)/i3D2,10D2,11D2. The van der Waals surface area contributed by atoms with Crippen molar-refractivity contribution in [3.8, 4) is 0 Å². The predicted octanol–water partition coefficient (Wildman–Crippen LogP) is 3.35. The Bertz CT molecular complexity index is 1560. The van der Waals surface area contributed by atoms with E-state index in [0.29, 0.717) is 39.0 Å². The van der Waals surface area contributed by atoms with Crippen LogP contribution >= 0.6 is 11.6 Å². The molecule has 0 atom stereocenters. The third-order valence-electron chi connectivity index (χ3n) is 5.48. The monoisotopic (exact) mass is 431 g/mol. The average Bonchev–Trinajstić information content (AvgIpc) is 3.33. The summed E-state index contributed by atoms with van der Waals surface area (Å²) in [6.45, 7) is -5.61. The number of nitrogens with one attached hydrogen (secondary N) is 2. The lowest BCUT2D eigenvalue weighted by atomic mass is 10.0. The molecule has 1 saturated heterocycles. The lowest BCUT2D eigenvalue weighted by Crippen LogP contribution is -2.37. The zero-order valence-electron chi connectivity index (χ0n) is 22.0. The van der Waals surface area contributed by atoms with Crippen molar-refractivity contribution in [2.24, 2.45) is 0 Å². The van der Waals surface area contributed by atoms with E-state index in [-0.39, 0.29) is 30.3 Å². The maximum Gasteiger partial charge on any atom is 0.326 e. The topological polar surface area (TPSA) is 78.8 Å². The molecule has 4 aromatic rings. The van der Waals surface area contributed by atoms with E-state index in [4.69, 9.17) is 19.8 Å². The molecule has 0 bridgehead atoms. The van der Waals surface area contributed by atoms with Gasteiger partial charge in [0, 0.05) is 38.9 Å². The van der Waals surface area contributed by atoms with Crippen LogP contribution in [-0.2, 0) is 6.50 Å². The minimum atomic E-state index is -3.12. The summed E-state index contributed by atoms with van der Waals surface area (Å²) in [4.78, 5) is 31.7. The lowest BCUT2D eigenvalue weighted by molar-refractivity contribution is 0.183. The number of piperidine rings is 1. The summed E-state index contributed by atoms with van der Waals surface area (Å²) in [5, 5.41) is 0.490. The van der Waals surface area contributed by atoms with Gasteiger partial charge in [0.05, 0.1) is 22.1 Å². The normalized spacial score (nSPS) is 20.4. The first-order chi connectivity index (χ1) is 16.9. The molecule has 2 aromatic carbocycles. The van der Waals surface area contributed by atoms with Gasteiger partial charge in [-0.05, 0) is 56.0 Å². The Morgan fingerprint density at radius 2 is 1.73 bits per heavy atom. The molecule has 0 amide bonds. The van der Waals surface area contributed by atoms with Crippen molar-refractivity contribution in [3.63, 3.8) is 0 Å². The summed E-state index contributed by atoms with van der Waals surface area (Å²) in [5.41, 5.74) is 0.575. The molecule has 0 aliphatic carbocycles. The number of nitrogens with zero attached hydrogens (tertiary/aromatic N) is 3. The molecule has 0 spiro atoms. The molecule has 1 aliphatic heterocycles. The smallest absolute Gasteiger partial charge is 0.306 e. The van der Waals surface area contributed by atoms with Crippen LogP contribution < -0.4 is 11.4 Å². The zero-order chi connectivity index (χ0) is 26.0. The minimum absolute atomic E-state index is 0.0861. The van der Waals surface area contributed by atoms with E-state index in [1.54, 1.807) is 41.0 Å². The number of aryl methyl sites for hydroxylation is 1. The third kappa shape index (κ3) is 3.48. The number of halogens is 1. The van der Waals surface area contributed by atoms with Gasteiger partial charge in [0.15, 0.2) is 0 Å². The van der Waals surface area contributed by atoms with E-state index in [2.05, 4.69) is 9.97 Å². The van der Waals surface area contributed by atoms with Crippen LogP contribution in [0.3, 0.4) is 0 Å². The number of hydrogen-bond acceptors (Lipinski definition) is 3. The van der Waals surface area contributed by atoms with Crippen molar-refractivity contribution in [1.29, 1.82) is 0 Å². The van der Waals surface area contributed by atoms with E-state index in [1.807, 2.05) is 0 Å². The van der Waals surface area contributed by atoms with Gasteiger partial charge in [-0.15, -0.1) is 0 Å². The predicted molar refractivity (Wildman–Crippen MR) is 119 cm³/mol. The molecule has 3 heterocycles. The van der Waals surface area contributed by atoms with Crippen molar-refractivity contribution >= 4 is 33.7 Å². The summed E-state index contributed by atoms with van der Waals surface area (Å²) in [5.74, 6) is 0. The van der Waals surface area contributed by atoms with Crippen LogP contribution in [0.2, 0.25) is 5.02 Å². The molecule has 8 heteroatoms. The third-order valence-corrected chi connectivity index (χ3v) is 5.71. The first kappa shape index (κ1) is 13.5. The van der Waals surface area contributed by atoms with Crippen LogP contribution in [0.25, 0.3) is 22.1 Å². The van der Waals surface area contributed by atoms with Crippen molar-refractivity contribution in [2.45, 2.75) is 31.8 Å². The van der Waals surface area contributed by atoms with Gasteiger partial charge >= 0.3 is 11.4 Å². The van der Waals surface area contributed by atoms with Crippen molar-refractivity contribution in [1.82, 2.24) is 24.0 Å². The average molecular weight is 432 g/mol. The molecule has 5 rings (SSSR count). The molecule has 156 valence electrons. The van der Waals surface area contributed by atoms with Gasteiger partial charge in [0.2, 0.25) is 0 Å². The molecule has 2 aromatic heterocycles. The van der Waals surface area contributed by atoms with Crippen LogP contribution in [0.5, 0.6) is 0 Å². The first-order valence-electron chi connectivity index (χ1n) is 12.7. The highest BCUT2D eigenvalue weighted by molar-refractivity contribution is 6.31. The second-order valence-electron chi connectivity index (χ2n) is 7.31. The van der Waals surface area contributed by atoms with Crippen molar-refractivity contribution in [3.05, 3.63) is 68.5 Å². The number of imidazole rings is 2. The number of aromatic amines is 2. The number of rotatable bonds is 5. The van der Waals surface area contributed by atoms with Gasteiger partial charge in [0.1, 0.15) is 0 Å². The van der Waals surface area contributed by atoms with Crippen LogP contribution in [0.4, 0.5) is 0 Å². The van der Waals surface area contributed by atoms with Crippen molar-refractivity contribution in [2.75, 3.05) is 19.6 Å². The van der Waals surface area contributed by atoms with Gasteiger partial charge in [0.25, 0.3) is 0 Å². The fourth-order valence-corrected chi connectivity index (χ4v) is 4.20. The molecule has 0 saturated carbocycles. The van der Waals surface area contributed by atoms with Crippen LogP contribution in [-0.4, -0.2) is 43.6 Å². The number of aromatic nitrogens is 4. The highest BCUT2D eigenvalue weighted by Gasteiger charge is 2.23. The summed E-state index contributed by atoms with van der Waals surface area (Å²) in [6, 6.07) is 11.1. The summed E-state index contributed by atoms with van der Waals surface area (Å²) >= 11 is 6.02. The number of benzene rings is 2. The highest BCUT2D eigenvalue weighted by atomic mass is 35.5. The fraction of sp³-hybridized carbons (Fsp3) is 0.364. The summed E-state index contributed by atoms with van der Waals surface area (Å²) < 4.78 is 53.9. The summed E-state index contributed by atoms with van der Waals surface area (Å²) in [6.07, 6.45) is -2.42. The maximum absolute atomic E-state index is 12.6. The van der Waals surface area contributed by atoms with Gasteiger partial charge in [-0.25, -0.2) is 9.59 Å². The zero-order valence-corrected chi connectivity index (χ0v) is 16.7. The molecule has 2 N–H and O–H groups in total. The van der Waals surface area contributed by atoms with Crippen molar-refractivity contribution < 1.29 is 8.22 Å². The Labute approximate surface area is 186 Å². The number of para-hydroxylation sites is 2. The molecule has 1 aliphatic rings. The SMILES string of the molecule is [2H]C([2H])(N1CCC(n2c(=O)[nH]c3cc(Cl)ccc32)CC1)C([2H])([2H])C([2H])([2H])n1c(=O)[nH]c2ccccc21. The highest BCUT2D eigenvalue weighted by Crippen LogP contribution is 2.26. The number of H-pyrrole nitrogens is 2. The Kier molecular flexibility index (Phi) is 3.52. The molecule has 0 unspecified atom stereocenters. The van der Waals surface area contributed by atoms with E-state index in [9.17, 15) is 9.59 Å². The Morgan fingerprint density at radius 3 is 2.57 bits per heavy atom. The molecule has 0 radical (unpaired) electrons. The van der Waals surface area contributed by atoms with Gasteiger partial charge < -0.3 is 14.9 Å². The Balaban J connectivity index is 1.42. The van der Waals surface area contributed by atoms with Gasteiger partial charge in [-0.3, -0.25) is 9.13 Å². The number of likely N-dealkylation sites (tertiary alicyclic amines) is 1. The molecular weight excluding hydrogens is 402 g/mol. The number of hydrogen-bond donors (Lipinski definition) is 2. The van der Waals surface area contributed by atoms with E-state index < -0.39 is 25.1 Å². The second kappa shape index (κ2) is 7.81. The molecule has 7 nitrogen and oxygen atoms in total. The minimum Gasteiger partial charge on any atom is -0.306 e. The van der Waals surface area contributed by atoms with Crippen LogP contribution in [0.15, 0.2) is 52.1 Å². The maximum atomic E-state index is 12.6. The Hall–Kier alpha value is -2.77. The van der Waals surface area contributed by atoms with Crippen LogP contribution in [0.1, 0.15) is 33.5 Å². The fourth-order valence-electron chi connectivity index (χ4n) is 4.03. The van der Waals surface area contributed by atoms with E-state index >= 15 is 0 Å². The van der Waals surface area contributed by atoms with E-state index in [1.165, 1.54) is 11.0 Å². The van der Waals surface area contributed by atoms with Gasteiger partial charge in [-0.1, -0.05) is 23.7 Å². The van der Waals surface area contributed by atoms with Crippen LogP contribution in [0, 0.1) is 0 Å². The summed E-state index contributed by atoms with van der Waals surface area (Å²) in [7, 11) is 0. The number of fused-ring (bicyclic) bond motifs is 2. The largest absolute Gasteiger partial charge is 0.326 e. The first-order valence-corrected chi connectivity index (χ1v) is 10.1. The van der Waals surface area contributed by atoms with Gasteiger partial charge in [-0.2, -0.15) is 0 Å². The van der Waals surface area contributed by atoms with E-state index in [0.717, 1.165) is 0 Å². The second-order valence-corrected chi connectivity index (χ2v) is 7.75. The molecular formula is C22H24ClN5O2. The molecule has 1 fully saturated rings.